The van der Waals surface area contributed by atoms with E-state index in [1.54, 1.807) is 0 Å². The van der Waals surface area contributed by atoms with Gasteiger partial charge in [0.05, 0.1) is 22.1 Å². The number of hydrogen-bond donors (Lipinski definition) is 1. The van der Waals surface area contributed by atoms with Gasteiger partial charge in [-0.15, -0.1) is 0 Å². The van der Waals surface area contributed by atoms with Gasteiger partial charge in [0.1, 0.15) is 23.1 Å². The van der Waals surface area contributed by atoms with Crippen LogP contribution in [-0.4, -0.2) is 21.2 Å². The molecular weight excluding hydrogens is 615 g/mol. The largest absolute Gasteiger partial charge is 0.453 e. The van der Waals surface area contributed by atoms with Gasteiger partial charge in [0.25, 0.3) is 0 Å². The molecule has 0 fully saturated rings. The molecule has 236 valence electrons. The van der Waals surface area contributed by atoms with E-state index in [0.717, 1.165) is 83.3 Å². The van der Waals surface area contributed by atoms with Crippen LogP contribution in [0.4, 0.5) is 0 Å². The van der Waals surface area contributed by atoms with Gasteiger partial charge < -0.3 is 14.3 Å². The first-order chi connectivity index (χ1) is 24.8. The highest BCUT2D eigenvalue weighted by atomic mass is 16.3. The Labute approximate surface area is 287 Å². The lowest BCUT2D eigenvalue weighted by Gasteiger charge is -2.23. The van der Waals surface area contributed by atoms with E-state index in [9.17, 15) is 0 Å². The molecule has 1 atom stereocenters. The summed E-state index contributed by atoms with van der Waals surface area (Å²) in [5.41, 5.74) is 10.5. The molecule has 6 nitrogen and oxygen atoms in total. The second kappa shape index (κ2) is 11.4. The summed E-state index contributed by atoms with van der Waals surface area (Å²) in [5.74, 6) is 1.44. The molecule has 4 heterocycles. The summed E-state index contributed by atoms with van der Waals surface area (Å²) in [6.45, 7) is 0. The molecule has 50 heavy (non-hydrogen) atoms. The minimum atomic E-state index is -0.291. The van der Waals surface area contributed by atoms with Crippen molar-refractivity contribution in [3.05, 3.63) is 180 Å². The maximum Gasteiger partial charge on any atom is 0.161 e. The first kappa shape index (κ1) is 28.2. The van der Waals surface area contributed by atoms with Crippen molar-refractivity contribution in [2.45, 2.75) is 6.17 Å². The van der Waals surface area contributed by atoms with Gasteiger partial charge in [0, 0.05) is 33.2 Å². The monoisotopic (exact) mass is 643 g/mol. The van der Waals surface area contributed by atoms with E-state index in [1.807, 2.05) is 60.7 Å². The summed E-state index contributed by atoms with van der Waals surface area (Å²) >= 11 is 0. The van der Waals surface area contributed by atoms with Crippen LogP contribution in [0.5, 0.6) is 0 Å². The van der Waals surface area contributed by atoms with E-state index in [0.29, 0.717) is 5.84 Å². The third-order valence-corrected chi connectivity index (χ3v) is 9.43. The second-order valence-electron chi connectivity index (χ2n) is 12.5. The maximum atomic E-state index is 7.02. The normalized spacial score (nSPS) is 14.6. The van der Waals surface area contributed by atoms with Crippen LogP contribution in [0, 0.1) is 0 Å². The number of amidine groups is 2. The number of pyridine rings is 1. The van der Waals surface area contributed by atoms with Crippen molar-refractivity contribution in [1.29, 1.82) is 0 Å². The van der Waals surface area contributed by atoms with E-state index in [4.69, 9.17) is 19.4 Å². The van der Waals surface area contributed by atoms with Crippen LogP contribution in [0.1, 0.15) is 22.9 Å². The van der Waals surface area contributed by atoms with E-state index in [2.05, 4.69) is 113 Å². The van der Waals surface area contributed by atoms with Gasteiger partial charge in [-0.05, 0) is 48.0 Å². The lowest BCUT2D eigenvalue weighted by Crippen LogP contribution is -2.33. The third-order valence-electron chi connectivity index (χ3n) is 9.43. The Kier molecular flexibility index (Phi) is 6.45. The van der Waals surface area contributed by atoms with Crippen LogP contribution < -0.4 is 5.32 Å². The molecule has 0 amide bonds. The number of fused-ring (bicyclic) bond motifs is 7. The van der Waals surface area contributed by atoms with Crippen molar-refractivity contribution >= 4 is 55.5 Å². The number of nitrogens with one attached hydrogen (secondary N) is 1. The highest BCUT2D eigenvalue weighted by Gasteiger charge is 2.26. The van der Waals surface area contributed by atoms with Crippen molar-refractivity contribution in [2.24, 2.45) is 9.98 Å². The van der Waals surface area contributed by atoms with Crippen LogP contribution in [0.25, 0.3) is 60.8 Å². The fourth-order valence-corrected chi connectivity index (χ4v) is 7.12. The van der Waals surface area contributed by atoms with E-state index >= 15 is 0 Å². The standard InChI is InChI=1S/C44H29N5O/c1-5-15-28(16-6-1)38-37-39-41(50-40(37)33-23-13-14-24-35(33)45-38)34-27-31(25-26-36(34)49(39)32-21-11-4-12-22-32)44-47-42(29-17-7-2-8-18-29)46-43(48-44)30-19-9-3-10-20-30/h1-27,42H,(H,46,47,48). The van der Waals surface area contributed by atoms with Crippen molar-refractivity contribution in [3.63, 3.8) is 0 Å². The molecule has 3 aromatic heterocycles. The van der Waals surface area contributed by atoms with Crippen molar-refractivity contribution in [1.82, 2.24) is 14.9 Å². The highest BCUT2D eigenvalue weighted by molar-refractivity contribution is 6.25. The highest BCUT2D eigenvalue weighted by Crippen LogP contribution is 2.44. The lowest BCUT2D eigenvalue weighted by atomic mass is 10.0. The van der Waals surface area contributed by atoms with Gasteiger partial charge >= 0.3 is 0 Å². The SMILES string of the molecule is c1ccc(C2=NC(c3ccccc3)NC(c3ccc4c(c3)c3oc5c6ccccc6nc(-c6ccccc6)c5c3n4-c3ccccc3)=N2)cc1. The minimum absolute atomic E-state index is 0.291. The summed E-state index contributed by atoms with van der Waals surface area (Å²) < 4.78 is 9.33. The Bertz CT molecular complexity index is 2770. The number of benzene rings is 6. The molecule has 0 bridgehead atoms. The van der Waals surface area contributed by atoms with Crippen LogP contribution >= 0.6 is 0 Å². The Hall–Kier alpha value is -6.79. The summed E-state index contributed by atoms with van der Waals surface area (Å²) in [7, 11) is 0. The third kappa shape index (κ3) is 4.54. The van der Waals surface area contributed by atoms with Gasteiger partial charge in [-0.25, -0.2) is 15.0 Å². The Morgan fingerprint density at radius 1 is 0.580 bits per heavy atom. The number of aromatic nitrogens is 2. The summed E-state index contributed by atoms with van der Waals surface area (Å²) in [6.07, 6.45) is -0.291. The molecular formula is C44H29N5O. The average molecular weight is 644 g/mol. The molecule has 0 saturated heterocycles. The molecule has 1 N–H and O–H groups in total. The predicted octanol–water partition coefficient (Wildman–Crippen LogP) is 10.2. The molecule has 1 unspecified atom stereocenters. The van der Waals surface area contributed by atoms with E-state index in [1.165, 1.54) is 0 Å². The number of furan rings is 1. The van der Waals surface area contributed by atoms with Gasteiger partial charge in [-0.2, -0.15) is 0 Å². The van der Waals surface area contributed by atoms with Crippen LogP contribution in [0.15, 0.2) is 178 Å². The van der Waals surface area contributed by atoms with Crippen LogP contribution in [0.3, 0.4) is 0 Å². The lowest BCUT2D eigenvalue weighted by molar-refractivity contribution is 0.674. The van der Waals surface area contributed by atoms with Crippen LogP contribution in [0.2, 0.25) is 0 Å². The zero-order valence-corrected chi connectivity index (χ0v) is 26.9. The number of nitrogens with zero attached hydrogens (tertiary/aromatic N) is 4. The molecule has 0 radical (unpaired) electrons. The Morgan fingerprint density at radius 3 is 2.00 bits per heavy atom. The zero-order chi connectivity index (χ0) is 33.0. The van der Waals surface area contributed by atoms with Crippen molar-refractivity contribution in [2.75, 3.05) is 0 Å². The topological polar surface area (TPSA) is 67.7 Å². The number of hydrogen-bond acceptors (Lipinski definition) is 5. The molecule has 0 aliphatic carbocycles. The first-order valence-corrected chi connectivity index (χ1v) is 16.7. The molecule has 0 spiro atoms. The summed E-state index contributed by atoms with van der Waals surface area (Å²) in [6, 6.07) is 56.0. The number of para-hydroxylation sites is 2. The van der Waals surface area contributed by atoms with Crippen LogP contribution in [-0.2, 0) is 0 Å². The fraction of sp³-hybridized carbons (Fsp3) is 0.0227. The van der Waals surface area contributed by atoms with Gasteiger partial charge in [0.2, 0.25) is 0 Å². The molecule has 6 heteroatoms. The molecule has 10 rings (SSSR count). The molecule has 1 aliphatic rings. The summed E-state index contributed by atoms with van der Waals surface area (Å²) in [5, 5.41) is 6.59. The van der Waals surface area contributed by atoms with E-state index in [-0.39, 0.29) is 6.17 Å². The second-order valence-corrected chi connectivity index (χ2v) is 12.5. The predicted molar refractivity (Wildman–Crippen MR) is 203 cm³/mol. The maximum absolute atomic E-state index is 7.02. The number of aliphatic imine (C=N–C) groups is 2. The first-order valence-electron chi connectivity index (χ1n) is 16.7. The van der Waals surface area contributed by atoms with Gasteiger partial charge in [0.15, 0.2) is 11.4 Å². The summed E-state index contributed by atoms with van der Waals surface area (Å²) in [4.78, 5) is 15.4. The Balaban J connectivity index is 1.26. The zero-order valence-electron chi connectivity index (χ0n) is 26.9. The molecule has 1 aliphatic heterocycles. The van der Waals surface area contributed by atoms with E-state index < -0.39 is 0 Å². The molecule has 6 aromatic carbocycles. The quantitative estimate of drug-likeness (QED) is 0.203. The smallest absolute Gasteiger partial charge is 0.161 e. The molecule has 9 aromatic rings. The average Bonchev–Trinajstić information content (AvgIpc) is 3.74. The fourth-order valence-electron chi connectivity index (χ4n) is 7.12. The van der Waals surface area contributed by atoms with Crippen molar-refractivity contribution < 1.29 is 4.42 Å². The molecule has 0 saturated carbocycles. The number of rotatable bonds is 5. The minimum Gasteiger partial charge on any atom is -0.453 e. The van der Waals surface area contributed by atoms with Crippen molar-refractivity contribution in [3.8, 4) is 16.9 Å². The van der Waals surface area contributed by atoms with Gasteiger partial charge in [-0.3, -0.25) is 0 Å². The Morgan fingerprint density at radius 2 is 1.24 bits per heavy atom. The van der Waals surface area contributed by atoms with Gasteiger partial charge in [-0.1, -0.05) is 121 Å².